The van der Waals surface area contributed by atoms with Gasteiger partial charge in [-0.15, -0.1) is 10.2 Å². The van der Waals surface area contributed by atoms with E-state index in [-0.39, 0.29) is 11.8 Å². The third-order valence-corrected chi connectivity index (χ3v) is 5.48. The van der Waals surface area contributed by atoms with Gasteiger partial charge in [0.25, 0.3) is 0 Å². The van der Waals surface area contributed by atoms with Crippen molar-refractivity contribution in [2.45, 2.75) is 50.9 Å². The quantitative estimate of drug-likeness (QED) is 0.854. The van der Waals surface area contributed by atoms with Crippen LogP contribution in [0.2, 0.25) is 0 Å². The molecule has 0 spiro atoms. The Balaban J connectivity index is 1.36. The van der Waals surface area contributed by atoms with Gasteiger partial charge in [-0.25, -0.2) is 0 Å². The highest BCUT2D eigenvalue weighted by molar-refractivity contribution is 5.79. The Labute approximate surface area is 148 Å². The number of amides is 1. The van der Waals surface area contributed by atoms with Crippen molar-refractivity contribution < 1.29 is 9.21 Å². The molecule has 2 heterocycles. The van der Waals surface area contributed by atoms with Gasteiger partial charge in [0.15, 0.2) is 0 Å². The van der Waals surface area contributed by atoms with Gasteiger partial charge in [0.1, 0.15) is 0 Å². The van der Waals surface area contributed by atoms with Gasteiger partial charge in [0.05, 0.1) is 12.3 Å². The first-order valence-corrected chi connectivity index (χ1v) is 9.44. The summed E-state index contributed by atoms with van der Waals surface area (Å²) in [6.45, 7) is 1.54. The molecule has 2 fully saturated rings. The lowest BCUT2D eigenvalue weighted by Crippen LogP contribution is -2.35. The van der Waals surface area contributed by atoms with Crippen LogP contribution in [0.25, 0.3) is 0 Å². The lowest BCUT2D eigenvalue weighted by atomic mass is 9.88. The van der Waals surface area contributed by atoms with Gasteiger partial charge in [0, 0.05) is 19.0 Å². The van der Waals surface area contributed by atoms with Crippen LogP contribution in [0.1, 0.15) is 61.8 Å². The van der Waals surface area contributed by atoms with Crippen LogP contribution in [-0.4, -0.2) is 34.1 Å². The van der Waals surface area contributed by atoms with E-state index in [0.717, 1.165) is 32.4 Å². The molecular formula is C20H25N3O2. The lowest BCUT2D eigenvalue weighted by Gasteiger charge is -2.26. The van der Waals surface area contributed by atoms with Crippen LogP contribution >= 0.6 is 0 Å². The number of carbonyl (C=O) groups excluding carboxylic acids is 1. The first-order chi connectivity index (χ1) is 12.3. The average molecular weight is 339 g/mol. The minimum absolute atomic E-state index is 0.185. The molecule has 132 valence electrons. The second-order valence-electron chi connectivity index (χ2n) is 7.30. The predicted octanol–water partition coefficient (Wildman–Crippen LogP) is 3.56. The summed E-state index contributed by atoms with van der Waals surface area (Å²) < 4.78 is 5.88. The molecular weight excluding hydrogens is 314 g/mol. The van der Waals surface area contributed by atoms with Crippen molar-refractivity contribution in [2.24, 2.45) is 5.92 Å². The average Bonchev–Trinajstić information content (AvgIpc) is 3.32. The third-order valence-electron chi connectivity index (χ3n) is 5.48. The summed E-state index contributed by atoms with van der Waals surface area (Å²) in [5.74, 6) is 2.10. The Morgan fingerprint density at radius 3 is 2.68 bits per heavy atom. The summed E-state index contributed by atoms with van der Waals surface area (Å²) >= 11 is 0. The molecule has 5 heteroatoms. The molecule has 5 nitrogen and oxygen atoms in total. The van der Waals surface area contributed by atoms with Crippen molar-refractivity contribution in [3.8, 4) is 0 Å². The van der Waals surface area contributed by atoms with Crippen molar-refractivity contribution in [3.63, 3.8) is 0 Å². The van der Waals surface area contributed by atoms with Crippen LogP contribution in [0.3, 0.4) is 0 Å². The zero-order valence-corrected chi connectivity index (χ0v) is 14.6. The van der Waals surface area contributed by atoms with Gasteiger partial charge in [-0.3, -0.25) is 4.79 Å². The maximum absolute atomic E-state index is 12.7. The second-order valence-corrected chi connectivity index (χ2v) is 7.30. The summed E-state index contributed by atoms with van der Waals surface area (Å²) in [6, 6.07) is 10.1. The van der Waals surface area contributed by atoms with Gasteiger partial charge >= 0.3 is 0 Å². The molecule has 1 amide bonds. The smallest absolute Gasteiger partial charge is 0.225 e. The second kappa shape index (κ2) is 7.38. The van der Waals surface area contributed by atoms with E-state index in [2.05, 4.69) is 22.3 Å². The maximum atomic E-state index is 12.7. The van der Waals surface area contributed by atoms with Crippen LogP contribution in [0, 0.1) is 5.92 Å². The predicted molar refractivity (Wildman–Crippen MR) is 94.1 cm³/mol. The third kappa shape index (κ3) is 3.75. The van der Waals surface area contributed by atoms with E-state index in [1.165, 1.54) is 24.8 Å². The number of rotatable bonds is 4. The van der Waals surface area contributed by atoms with Crippen molar-refractivity contribution in [3.05, 3.63) is 47.7 Å². The van der Waals surface area contributed by atoms with Gasteiger partial charge in [-0.2, -0.15) is 0 Å². The molecule has 1 aliphatic heterocycles. The Morgan fingerprint density at radius 1 is 1.08 bits per heavy atom. The largest absolute Gasteiger partial charge is 0.425 e. The van der Waals surface area contributed by atoms with E-state index in [4.69, 9.17) is 4.42 Å². The molecule has 1 atom stereocenters. The molecule has 4 rings (SSSR count). The minimum atomic E-state index is 0.185. The van der Waals surface area contributed by atoms with Gasteiger partial charge in [-0.1, -0.05) is 49.6 Å². The highest BCUT2D eigenvalue weighted by Crippen LogP contribution is 2.31. The maximum Gasteiger partial charge on any atom is 0.225 e. The summed E-state index contributed by atoms with van der Waals surface area (Å²) in [5, 5.41) is 8.44. The summed E-state index contributed by atoms with van der Waals surface area (Å²) in [7, 11) is 0. The first-order valence-electron chi connectivity index (χ1n) is 9.44. The number of nitrogens with zero attached hydrogens (tertiary/aromatic N) is 3. The SMILES string of the molecule is O=C(C1CCCCC1)N1CCC(c2nnc(Cc3ccccc3)o2)C1. The first kappa shape index (κ1) is 16.3. The number of hydrogen-bond acceptors (Lipinski definition) is 4. The monoisotopic (exact) mass is 339 g/mol. The van der Waals surface area contributed by atoms with Gasteiger partial charge < -0.3 is 9.32 Å². The normalized spacial score (nSPS) is 21.6. The van der Waals surface area contributed by atoms with Crippen LogP contribution in [0.5, 0.6) is 0 Å². The zero-order valence-electron chi connectivity index (χ0n) is 14.6. The Hall–Kier alpha value is -2.17. The van der Waals surface area contributed by atoms with Crippen molar-refractivity contribution >= 4 is 5.91 Å². The van der Waals surface area contributed by atoms with Gasteiger partial charge in [0.2, 0.25) is 17.7 Å². The van der Waals surface area contributed by atoms with Crippen molar-refractivity contribution in [1.82, 2.24) is 15.1 Å². The molecule has 1 aliphatic carbocycles. The molecule has 2 aromatic rings. The van der Waals surface area contributed by atoms with Crippen LogP contribution in [-0.2, 0) is 11.2 Å². The van der Waals surface area contributed by atoms with Crippen molar-refractivity contribution in [1.29, 1.82) is 0 Å². The zero-order chi connectivity index (χ0) is 17.1. The molecule has 1 aromatic heterocycles. The molecule has 0 bridgehead atoms. The number of benzene rings is 1. The number of aromatic nitrogens is 2. The number of carbonyl (C=O) groups is 1. The highest BCUT2D eigenvalue weighted by Gasteiger charge is 2.34. The van der Waals surface area contributed by atoms with E-state index in [9.17, 15) is 4.79 Å². The van der Waals surface area contributed by atoms with E-state index < -0.39 is 0 Å². The number of likely N-dealkylation sites (tertiary alicyclic amines) is 1. The van der Waals surface area contributed by atoms with Crippen LogP contribution in [0.15, 0.2) is 34.7 Å². The van der Waals surface area contributed by atoms with E-state index in [1.54, 1.807) is 0 Å². The summed E-state index contributed by atoms with van der Waals surface area (Å²) in [6.07, 6.45) is 7.36. The molecule has 1 saturated carbocycles. The van der Waals surface area contributed by atoms with Crippen molar-refractivity contribution in [2.75, 3.05) is 13.1 Å². The fourth-order valence-electron chi connectivity index (χ4n) is 4.04. The lowest BCUT2D eigenvalue weighted by molar-refractivity contribution is -0.135. The standard InChI is InChI=1S/C20H25N3O2/c24-20(16-9-5-2-6-10-16)23-12-11-17(14-23)19-22-21-18(25-19)13-15-7-3-1-4-8-15/h1,3-4,7-8,16-17H,2,5-6,9-14H2. The molecule has 2 aliphatic rings. The van der Waals surface area contributed by atoms with Crippen LogP contribution < -0.4 is 0 Å². The summed E-state index contributed by atoms with van der Waals surface area (Å²) in [5.41, 5.74) is 1.17. The molecule has 25 heavy (non-hydrogen) atoms. The van der Waals surface area contributed by atoms with E-state index >= 15 is 0 Å². The summed E-state index contributed by atoms with van der Waals surface area (Å²) in [4.78, 5) is 14.7. The Kier molecular flexibility index (Phi) is 4.81. The minimum Gasteiger partial charge on any atom is -0.425 e. The Morgan fingerprint density at radius 2 is 1.88 bits per heavy atom. The fraction of sp³-hybridized carbons (Fsp3) is 0.550. The molecule has 1 saturated heterocycles. The fourth-order valence-corrected chi connectivity index (χ4v) is 4.04. The molecule has 0 N–H and O–H groups in total. The van der Waals surface area contributed by atoms with Crippen LogP contribution in [0.4, 0.5) is 0 Å². The topological polar surface area (TPSA) is 59.2 Å². The van der Waals surface area contributed by atoms with E-state index in [1.807, 2.05) is 23.1 Å². The molecule has 1 unspecified atom stereocenters. The molecule has 0 radical (unpaired) electrons. The van der Waals surface area contributed by atoms with Gasteiger partial charge in [-0.05, 0) is 24.8 Å². The Bertz CT molecular complexity index is 707. The van der Waals surface area contributed by atoms with E-state index in [0.29, 0.717) is 24.1 Å². The highest BCUT2D eigenvalue weighted by atomic mass is 16.4. The molecule has 1 aromatic carbocycles. The number of hydrogen-bond donors (Lipinski definition) is 0.